The molecule has 96 valence electrons. The van der Waals surface area contributed by atoms with Crippen molar-refractivity contribution < 1.29 is 9.84 Å². The second kappa shape index (κ2) is 4.37. The van der Waals surface area contributed by atoms with Gasteiger partial charge < -0.3 is 9.84 Å². The molecule has 1 atom stereocenters. The molecule has 2 rings (SSSR count). The fraction of sp³-hybridized carbons (Fsp3) is 0.750. The minimum absolute atomic E-state index is 0.296. The van der Waals surface area contributed by atoms with Gasteiger partial charge in [0.05, 0.1) is 28.6 Å². The smallest absolute Gasteiger partial charge is 0.112 e. The molecule has 0 aliphatic carbocycles. The Morgan fingerprint density at radius 2 is 2.29 bits per heavy atom. The molecule has 1 aliphatic rings. The topological polar surface area (TPSA) is 47.3 Å². The molecular formula is C12H19BrN2O2. The summed E-state index contributed by atoms with van der Waals surface area (Å²) in [4.78, 5) is 0. The molecule has 0 aromatic carbocycles. The third-order valence-electron chi connectivity index (χ3n) is 3.26. The first-order valence-corrected chi connectivity index (χ1v) is 6.75. The molecule has 1 N–H and O–H groups in total. The van der Waals surface area contributed by atoms with E-state index in [1.165, 1.54) is 0 Å². The van der Waals surface area contributed by atoms with Gasteiger partial charge in [-0.25, -0.2) is 0 Å². The molecule has 2 heterocycles. The van der Waals surface area contributed by atoms with Gasteiger partial charge in [-0.1, -0.05) is 0 Å². The van der Waals surface area contributed by atoms with E-state index in [4.69, 9.17) is 4.74 Å². The van der Waals surface area contributed by atoms with E-state index in [1.54, 1.807) is 6.20 Å². The lowest BCUT2D eigenvalue weighted by molar-refractivity contribution is -0.151. The van der Waals surface area contributed by atoms with Crippen molar-refractivity contribution in [3.63, 3.8) is 0 Å². The Balaban J connectivity index is 2.40. The minimum atomic E-state index is -0.854. The molecule has 1 fully saturated rings. The third-order valence-corrected chi connectivity index (χ3v) is 3.84. The van der Waals surface area contributed by atoms with Gasteiger partial charge in [-0.15, -0.1) is 0 Å². The molecular weight excluding hydrogens is 284 g/mol. The van der Waals surface area contributed by atoms with Crippen LogP contribution in [0.3, 0.4) is 0 Å². The predicted octanol–water partition coefficient (Wildman–Crippen LogP) is 2.44. The minimum Gasteiger partial charge on any atom is -0.383 e. The number of hydrogen-bond acceptors (Lipinski definition) is 3. The lowest BCUT2D eigenvalue weighted by Gasteiger charge is -2.41. The maximum Gasteiger partial charge on any atom is 0.112 e. The standard InChI is InChI=1S/C12H19BrN2O2/c1-4-15-10(9(13)7-14-15)12(16)5-6-17-11(2,3)8-12/h7,16H,4-6,8H2,1-3H3. The van der Waals surface area contributed by atoms with Gasteiger partial charge in [-0.3, -0.25) is 4.68 Å². The Bertz CT molecular complexity index is 417. The summed E-state index contributed by atoms with van der Waals surface area (Å²) in [5.74, 6) is 0. The average Bonchev–Trinajstić information content (AvgIpc) is 2.58. The van der Waals surface area contributed by atoms with Crippen LogP contribution in [-0.2, 0) is 16.9 Å². The Labute approximate surface area is 110 Å². The Hall–Kier alpha value is -0.390. The van der Waals surface area contributed by atoms with Crippen molar-refractivity contribution >= 4 is 15.9 Å². The van der Waals surface area contributed by atoms with E-state index in [9.17, 15) is 5.11 Å². The lowest BCUT2D eigenvalue weighted by Crippen LogP contribution is -2.45. The van der Waals surface area contributed by atoms with E-state index in [0.29, 0.717) is 19.4 Å². The second-order valence-corrected chi connectivity index (χ2v) is 6.08. The Morgan fingerprint density at radius 3 is 2.88 bits per heavy atom. The van der Waals surface area contributed by atoms with E-state index in [1.807, 2.05) is 25.5 Å². The third kappa shape index (κ3) is 2.41. The first-order chi connectivity index (χ1) is 7.88. The highest BCUT2D eigenvalue weighted by molar-refractivity contribution is 9.10. The maximum absolute atomic E-state index is 10.9. The summed E-state index contributed by atoms with van der Waals surface area (Å²) in [7, 11) is 0. The number of rotatable bonds is 2. The number of halogens is 1. The van der Waals surface area contributed by atoms with Gasteiger partial charge in [0.15, 0.2) is 0 Å². The van der Waals surface area contributed by atoms with Gasteiger partial charge in [0.2, 0.25) is 0 Å². The summed E-state index contributed by atoms with van der Waals surface area (Å²) < 4.78 is 8.39. The highest BCUT2D eigenvalue weighted by Crippen LogP contribution is 2.41. The van der Waals surface area contributed by atoms with Crippen molar-refractivity contribution in [1.29, 1.82) is 0 Å². The summed E-state index contributed by atoms with van der Waals surface area (Å²) >= 11 is 3.48. The van der Waals surface area contributed by atoms with Crippen LogP contribution in [0, 0.1) is 0 Å². The maximum atomic E-state index is 10.9. The highest BCUT2D eigenvalue weighted by Gasteiger charge is 2.43. The van der Waals surface area contributed by atoms with E-state index in [0.717, 1.165) is 16.7 Å². The predicted molar refractivity (Wildman–Crippen MR) is 68.8 cm³/mol. The molecule has 1 aromatic rings. The molecule has 1 unspecified atom stereocenters. The fourth-order valence-corrected chi connectivity index (χ4v) is 3.27. The van der Waals surface area contributed by atoms with Crippen LogP contribution in [0.5, 0.6) is 0 Å². The molecule has 17 heavy (non-hydrogen) atoms. The Morgan fingerprint density at radius 1 is 1.59 bits per heavy atom. The van der Waals surface area contributed by atoms with E-state index in [-0.39, 0.29) is 5.60 Å². The molecule has 0 amide bonds. The van der Waals surface area contributed by atoms with Crippen LogP contribution in [0.15, 0.2) is 10.7 Å². The van der Waals surface area contributed by atoms with Crippen LogP contribution in [0.25, 0.3) is 0 Å². The van der Waals surface area contributed by atoms with Crippen molar-refractivity contribution in [3.05, 3.63) is 16.4 Å². The number of aliphatic hydroxyl groups is 1. The van der Waals surface area contributed by atoms with Gasteiger partial charge in [0, 0.05) is 19.4 Å². The molecule has 1 saturated heterocycles. The molecule has 1 aromatic heterocycles. The molecule has 4 nitrogen and oxygen atoms in total. The first kappa shape index (κ1) is 13.1. The second-order valence-electron chi connectivity index (χ2n) is 5.22. The summed E-state index contributed by atoms with van der Waals surface area (Å²) in [6.07, 6.45) is 2.95. The van der Waals surface area contributed by atoms with Gasteiger partial charge in [-0.05, 0) is 36.7 Å². The van der Waals surface area contributed by atoms with Crippen molar-refractivity contribution in [2.24, 2.45) is 0 Å². The Kier molecular flexibility index (Phi) is 3.36. The molecule has 0 spiro atoms. The normalized spacial score (nSPS) is 28.3. The zero-order chi connectivity index (χ0) is 12.7. The van der Waals surface area contributed by atoms with E-state index in [2.05, 4.69) is 21.0 Å². The zero-order valence-electron chi connectivity index (χ0n) is 10.5. The number of nitrogens with zero attached hydrogens (tertiary/aromatic N) is 2. The average molecular weight is 303 g/mol. The molecule has 0 bridgehead atoms. The van der Waals surface area contributed by atoms with E-state index >= 15 is 0 Å². The summed E-state index contributed by atoms with van der Waals surface area (Å²) in [5.41, 5.74) is -0.279. The molecule has 0 saturated carbocycles. The highest BCUT2D eigenvalue weighted by atomic mass is 79.9. The van der Waals surface area contributed by atoms with Gasteiger partial charge >= 0.3 is 0 Å². The molecule has 5 heteroatoms. The number of aryl methyl sites for hydroxylation is 1. The van der Waals surface area contributed by atoms with Gasteiger partial charge in [-0.2, -0.15) is 5.10 Å². The van der Waals surface area contributed by atoms with Crippen molar-refractivity contribution in [2.45, 2.75) is 51.4 Å². The van der Waals surface area contributed by atoms with Crippen LogP contribution in [-0.4, -0.2) is 27.1 Å². The van der Waals surface area contributed by atoms with Crippen molar-refractivity contribution in [3.8, 4) is 0 Å². The van der Waals surface area contributed by atoms with Crippen LogP contribution in [0.2, 0.25) is 0 Å². The quantitative estimate of drug-likeness (QED) is 0.913. The van der Waals surface area contributed by atoms with Gasteiger partial charge in [0.25, 0.3) is 0 Å². The monoisotopic (exact) mass is 302 g/mol. The van der Waals surface area contributed by atoms with Crippen LogP contribution >= 0.6 is 15.9 Å². The molecule has 1 aliphatic heterocycles. The summed E-state index contributed by atoms with van der Waals surface area (Å²) in [5, 5.41) is 15.2. The van der Waals surface area contributed by atoms with Gasteiger partial charge in [0.1, 0.15) is 5.60 Å². The number of ether oxygens (including phenoxy) is 1. The first-order valence-electron chi connectivity index (χ1n) is 5.96. The van der Waals surface area contributed by atoms with Crippen molar-refractivity contribution in [1.82, 2.24) is 9.78 Å². The van der Waals surface area contributed by atoms with E-state index < -0.39 is 5.60 Å². The number of aromatic nitrogens is 2. The van der Waals surface area contributed by atoms with Crippen LogP contribution in [0.4, 0.5) is 0 Å². The lowest BCUT2D eigenvalue weighted by atomic mass is 9.82. The largest absolute Gasteiger partial charge is 0.383 e. The zero-order valence-corrected chi connectivity index (χ0v) is 12.1. The SMILES string of the molecule is CCn1ncc(Br)c1C1(O)CCOC(C)(C)C1. The van der Waals surface area contributed by atoms with Crippen LogP contribution < -0.4 is 0 Å². The number of hydrogen-bond donors (Lipinski definition) is 1. The van der Waals surface area contributed by atoms with Crippen LogP contribution in [0.1, 0.15) is 39.3 Å². The fourth-order valence-electron chi connectivity index (χ4n) is 2.61. The summed E-state index contributed by atoms with van der Waals surface area (Å²) in [6.45, 7) is 7.38. The summed E-state index contributed by atoms with van der Waals surface area (Å²) in [6, 6.07) is 0. The van der Waals surface area contributed by atoms with Crippen molar-refractivity contribution in [2.75, 3.05) is 6.61 Å². The molecule has 0 radical (unpaired) electrons.